The topological polar surface area (TPSA) is 38.7 Å². The molecular formula is C13H20O3. The van der Waals surface area contributed by atoms with Gasteiger partial charge < -0.3 is 14.6 Å². The molecule has 0 heterocycles. The van der Waals surface area contributed by atoms with E-state index < -0.39 is 6.10 Å². The van der Waals surface area contributed by atoms with Crippen molar-refractivity contribution in [1.29, 1.82) is 0 Å². The molecule has 0 aliphatic rings. The predicted molar refractivity (Wildman–Crippen MR) is 63.8 cm³/mol. The molecule has 16 heavy (non-hydrogen) atoms. The molecule has 1 aromatic carbocycles. The highest BCUT2D eigenvalue weighted by molar-refractivity contribution is 5.38. The van der Waals surface area contributed by atoms with Gasteiger partial charge in [-0.1, -0.05) is 12.1 Å². The Morgan fingerprint density at radius 3 is 2.56 bits per heavy atom. The summed E-state index contributed by atoms with van der Waals surface area (Å²) in [5.74, 6) is 0.735. The van der Waals surface area contributed by atoms with Crippen molar-refractivity contribution < 1.29 is 14.6 Å². The van der Waals surface area contributed by atoms with Gasteiger partial charge >= 0.3 is 0 Å². The van der Waals surface area contributed by atoms with Crippen LogP contribution < -0.4 is 4.74 Å². The summed E-state index contributed by atoms with van der Waals surface area (Å²) in [7, 11) is 1.65. The maximum Gasteiger partial charge on any atom is 0.125 e. The Bertz CT molecular complexity index is 334. The molecule has 1 rings (SSSR count). The average molecular weight is 224 g/mol. The van der Waals surface area contributed by atoms with E-state index in [1.165, 1.54) is 0 Å². The standard InChI is InChI=1S/C13H20O3/c1-9-5-6-12(11(3)14)13(7-9)16-8-10(2)15-4/h5-7,10-11,14H,8H2,1-4H3/t10?,11-/m0/s1. The summed E-state index contributed by atoms with van der Waals surface area (Å²) in [6, 6.07) is 5.80. The van der Waals surface area contributed by atoms with E-state index in [2.05, 4.69) is 0 Å². The molecule has 0 saturated heterocycles. The van der Waals surface area contributed by atoms with Gasteiger partial charge in [-0.25, -0.2) is 0 Å². The number of hydrogen-bond acceptors (Lipinski definition) is 3. The maximum absolute atomic E-state index is 9.61. The fourth-order valence-corrected chi connectivity index (χ4v) is 1.39. The Morgan fingerprint density at radius 2 is 2.00 bits per heavy atom. The van der Waals surface area contributed by atoms with Gasteiger partial charge in [0, 0.05) is 12.7 Å². The molecule has 2 atom stereocenters. The van der Waals surface area contributed by atoms with Crippen LogP contribution in [0, 0.1) is 6.92 Å². The summed E-state index contributed by atoms with van der Waals surface area (Å²) in [5.41, 5.74) is 1.93. The smallest absolute Gasteiger partial charge is 0.125 e. The predicted octanol–water partition coefficient (Wildman–Crippen LogP) is 2.46. The molecule has 0 radical (unpaired) electrons. The maximum atomic E-state index is 9.61. The number of hydrogen-bond donors (Lipinski definition) is 1. The average Bonchev–Trinajstić information content (AvgIpc) is 2.25. The van der Waals surface area contributed by atoms with Crippen LogP contribution in [0.1, 0.15) is 31.1 Å². The minimum Gasteiger partial charge on any atom is -0.491 e. The summed E-state index contributed by atoms with van der Waals surface area (Å²) in [6.45, 7) is 6.16. The zero-order valence-electron chi connectivity index (χ0n) is 10.4. The summed E-state index contributed by atoms with van der Waals surface area (Å²) in [6.07, 6.45) is -0.476. The van der Waals surface area contributed by atoms with Crippen LogP contribution in [0.4, 0.5) is 0 Å². The van der Waals surface area contributed by atoms with Gasteiger partial charge in [0.25, 0.3) is 0 Å². The minimum absolute atomic E-state index is 0.0439. The van der Waals surface area contributed by atoms with E-state index in [0.29, 0.717) is 6.61 Å². The van der Waals surface area contributed by atoms with E-state index in [4.69, 9.17) is 9.47 Å². The number of ether oxygens (including phenoxy) is 2. The van der Waals surface area contributed by atoms with Crippen LogP contribution in [0.2, 0.25) is 0 Å². The highest BCUT2D eigenvalue weighted by Gasteiger charge is 2.10. The third-order valence-corrected chi connectivity index (χ3v) is 2.50. The second-order valence-electron chi connectivity index (χ2n) is 4.07. The molecule has 3 nitrogen and oxygen atoms in total. The molecule has 0 amide bonds. The molecule has 0 aromatic heterocycles. The highest BCUT2D eigenvalue weighted by Crippen LogP contribution is 2.26. The molecule has 1 unspecified atom stereocenters. The zero-order chi connectivity index (χ0) is 12.1. The quantitative estimate of drug-likeness (QED) is 0.835. The van der Waals surface area contributed by atoms with E-state index in [9.17, 15) is 5.11 Å². The number of rotatable bonds is 5. The lowest BCUT2D eigenvalue weighted by atomic mass is 10.1. The van der Waals surface area contributed by atoms with Crippen molar-refractivity contribution in [3.8, 4) is 5.75 Å². The first-order chi connectivity index (χ1) is 7.54. The molecule has 0 fully saturated rings. The van der Waals surface area contributed by atoms with Crippen molar-refractivity contribution in [3.05, 3.63) is 29.3 Å². The van der Waals surface area contributed by atoms with Crippen LogP contribution in [0.3, 0.4) is 0 Å². The van der Waals surface area contributed by atoms with Crippen molar-refractivity contribution in [2.24, 2.45) is 0 Å². The Balaban J connectivity index is 2.80. The Kier molecular flexibility index (Phi) is 4.77. The second-order valence-corrected chi connectivity index (χ2v) is 4.07. The van der Waals surface area contributed by atoms with Gasteiger partial charge in [0.2, 0.25) is 0 Å². The largest absolute Gasteiger partial charge is 0.491 e. The van der Waals surface area contributed by atoms with E-state index in [-0.39, 0.29) is 6.10 Å². The highest BCUT2D eigenvalue weighted by atomic mass is 16.5. The molecule has 1 aromatic rings. The fourth-order valence-electron chi connectivity index (χ4n) is 1.39. The van der Waals surface area contributed by atoms with Crippen molar-refractivity contribution in [2.75, 3.05) is 13.7 Å². The Labute approximate surface area is 97.0 Å². The summed E-state index contributed by atoms with van der Waals surface area (Å²) in [5, 5.41) is 9.61. The third-order valence-electron chi connectivity index (χ3n) is 2.50. The summed E-state index contributed by atoms with van der Waals surface area (Å²) < 4.78 is 10.8. The van der Waals surface area contributed by atoms with Crippen LogP contribution in [0.5, 0.6) is 5.75 Å². The monoisotopic (exact) mass is 224 g/mol. The molecule has 90 valence electrons. The van der Waals surface area contributed by atoms with Gasteiger partial charge in [-0.05, 0) is 32.4 Å². The number of benzene rings is 1. The van der Waals surface area contributed by atoms with Gasteiger partial charge in [0.1, 0.15) is 12.4 Å². The van der Waals surface area contributed by atoms with Gasteiger partial charge in [0.05, 0.1) is 12.2 Å². The van der Waals surface area contributed by atoms with Crippen LogP contribution in [-0.4, -0.2) is 24.9 Å². The first-order valence-corrected chi connectivity index (χ1v) is 5.48. The van der Waals surface area contributed by atoms with E-state index in [1.54, 1.807) is 14.0 Å². The third kappa shape index (κ3) is 3.51. The second kappa shape index (κ2) is 5.87. The molecule has 0 bridgehead atoms. The number of aryl methyl sites for hydroxylation is 1. The first kappa shape index (κ1) is 13.0. The van der Waals surface area contributed by atoms with Gasteiger partial charge in [-0.2, -0.15) is 0 Å². The van der Waals surface area contributed by atoms with E-state index >= 15 is 0 Å². The minimum atomic E-state index is -0.520. The van der Waals surface area contributed by atoms with Crippen LogP contribution in [0.25, 0.3) is 0 Å². The molecular weight excluding hydrogens is 204 g/mol. The first-order valence-electron chi connectivity index (χ1n) is 5.48. The van der Waals surface area contributed by atoms with E-state index in [1.807, 2.05) is 32.0 Å². The van der Waals surface area contributed by atoms with Crippen molar-refractivity contribution in [2.45, 2.75) is 33.0 Å². The van der Waals surface area contributed by atoms with E-state index in [0.717, 1.165) is 16.9 Å². The van der Waals surface area contributed by atoms with Crippen LogP contribution in [-0.2, 0) is 4.74 Å². The Hall–Kier alpha value is -1.06. The molecule has 3 heteroatoms. The lowest BCUT2D eigenvalue weighted by molar-refractivity contribution is 0.0699. The molecule has 0 spiro atoms. The molecule has 0 aliphatic heterocycles. The number of aliphatic hydroxyl groups is 1. The molecule has 1 N–H and O–H groups in total. The summed E-state index contributed by atoms with van der Waals surface area (Å²) in [4.78, 5) is 0. The normalized spacial score (nSPS) is 14.6. The number of methoxy groups -OCH3 is 1. The zero-order valence-corrected chi connectivity index (χ0v) is 10.4. The fraction of sp³-hybridized carbons (Fsp3) is 0.538. The molecule has 0 saturated carbocycles. The van der Waals surface area contributed by atoms with Gasteiger partial charge in [-0.3, -0.25) is 0 Å². The van der Waals surface area contributed by atoms with Gasteiger partial charge in [-0.15, -0.1) is 0 Å². The lowest BCUT2D eigenvalue weighted by Crippen LogP contribution is -2.16. The van der Waals surface area contributed by atoms with Crippen LogP contribution in [0.15, 0.2) is 18.2 Å². The van der Waals surface area contributed by atoms with Crippen LogP contribution >= 0.6 is 0 Å². The summed E-state index contributed by atoms with van der Waals surface area (Å²) >= 11 is 0. The van der Waals surface area contributed by atoms with Crippen molar-refractivity contribution in [3.63, 3.8) is 0 Å². The van der Waals surface area contributed by atoms with Gasteiger partial charge in [0.15, 0.2) is 0 Å². The SMILES string of the molecule is COC(C)COc1cc(C)ccc1[C@H](C)O. The number of aliphatic hydroxyl groups excluding tert-OH is 1. The lowest BCUT2D eigenvalue weighted by Gasteiger charge is -2.16. The van der Waals surface area contributed by atoms with Crippen molar-refractivity contribution in [1.82, 2.24) is 0 Å². The molecule has 0 aliphatic carbocycles. The Morgan fingerprint density at radius 1 is 1.31 bits per heavy atom. The van der Waals surface area contributed by atoms with Crippen molar-refractivity contribution >= 4 is 0 Å².